The van der Waals surface area contributed by atoms with Crippen molar-refractivity contribution in [2.24, 2.45) is 11.8 Å². The zero-order chi connectivity index (χ0) is 25.1. The van der Waals surface area contributed by atoms with Crippen molar-refractivity contribution < 1.29 is 23.9 Å². The van der Waals surface area contributed by atoms with E-state index in [0.29, 0.717) is 18.4 Å². The van der Waals surface area contributed by atoms with Gasteiger partial charge in [-0.1, -0.05) is 78.4 Å². The van der Waals surface area contributed by atoms with Crippen LogP contribution in [-0.2, 0) is 25.5 Å². The lowest BCUT2D eigenvalue weighted by Crippen LogP contribution is -2.25. The van der Waals surface area contributed by atoms with Crippen molar-refractivity contribution in [1.82, 2.24) is 0 Å². The van der Waals surface area contributed by atoms with Gasteiger partial charge in [-0.25, -0.2) is 4.79 Å². The number of ether oxygens (including phenoxy) is 2. The van der Waals surface area contributed by atoms with Crippen molar-refractivity contribution >= 4 is 17.7 Å². The van der Waals surface area contributed by atoms with E-state index in [2.05, 4.69) is 0 Å². The van der Waals surface area contributed by atoms with Crippen molar-refractivity contribution in [2.75, 3.05) is 0 Å². The van der Waals surface area contributed by atoms with E-state index in [0.717, 1.165) is 22.3 Å². The van der Waals surface area contributed by atoms with Crippen molar-refractivity contribution in [2.45, 2.75) is 38.4 Å². The summed E-state index contributed by atoms with van der Waals surface area (Å²) in [4.78, 5) is 37.5. The molecule has 5 nitrogen and oxygen atoms in total. The molecule has 1 saturated heterocycles. The molecule has 3 aromatic rings. The third-order valence-corrected chi connectivity index (χ3v) is 7.00. The summed E-state index contributed by atoms with van der Waals surface area (Å²) in [7, 11) is 0. The lowest BCUT2D eigenvalue weighted by atomic mass is 9.91. The molecule has 0 N–H and O–H groups in total. The maximum Gasteiger partial charge on any atom is 0.338 e. The predicted octanol–water partition coefficient (Wildman–Crippen LogP) is 5.51. The molecule has 2 fully saturated rings. The van der Waals surface area contributed by atoms with Gasteiger partial charge < -0.3 is 9.47 Å². The van der Waals surface area contributed by atoms with Crippen LogP contribution in [0.25, 0.3) is 11.1 Å². The number of esters is 2. The molecule has 0 aromatic heterocycles. The summed E-state index contributed by atoms with van der Waals surface area (Å²) in [5.74, 6) is -1.05. The summed E-state index contributed by atoms with van der Waals surface area (Å²) in [6.07, 6.45) is 3.62. The van der Waals surface area contributed by atoms with E-state index in [1.165, 1.54) is 0 Å². The van der Waals surface area contributed by atoms with E-state index in [9.17, 15) is 14.4 Å². The zero-order valence-corrected chi connectivity index (χ0v) is 20.1. The van der Waals surface area contributed by atoms with Gasteiger partial charge >= 0.3 is 11.9 Å². The summed E-state index contributed by atoms with van der Waals surface area (Å²) in [5, 5.41) is 0. The second kappa shape index (κ2) is 10.3. The molecule has 0 radical (unpaired) electrons. The summed E-state index contributed by atoms with van der Waals surface area (Å²) in [6.45, 7) is 1.99. The number of benzene rings is 3. The molecular weight excluding hydrogens is 452 g/mol. The van der Waals surface area contributed by atoms with Crippen LogP contribution in [0.15, 0.2) is 91.0 Å². The molecule has 0 spiro atoms. The number of hydrogen-bond acceptors (Lipinski definition) is 5. The Bertz CT molecular complexity index is 1290. The number of rotatable bonds is 7. The maximum absolute atomic E-state index is 13.0. The number of aryl methyl sites for hydroxylation is 1. The molecule has 2 aliphatic rings. The minimum absolute atomic E-state index is 0.0316. The zero-order valence-electron chi connectivity index (χ0n) is 20.1. The van der Waals surface area contributed by atoms with E-state index in [-0.39, 0.29) is 36.1 Å². The van der Waals surface area contributed by atoms with Crippen molar-refractivity contribution in [1.29, 1.82) is 0 Å². The molecule has 1 aliphatic heterocycles. The van der Waals surface area contributed by atoms with Crippen LogP contribution in [0.3, 0.4) is 0 Å². The van der Waals surface area contributed by atoms with Crippen molar-refractivity contribution in [3.8, 4) is 11.1 Å². The first kappa shape index (κ1) is 23.7. The van der Waals surface area contributed by atoms with Gasteiger partial charge in [0.2, 0.25) is 0 Å². The second-order valence-corrected chi connectivity index (χ2v) is 9.59. The van der Waals surface area contributed by atoms with Crippen LogP contribution in [0.5, 0.6) is 0 Å². The van der Waals surface area contributed by atoms with Crippen LogP contribution in [0.2, 0.25) is 0 Å². The van der Waals surface area contributed by atoms with Crippen LogP contribution in [0, 0.1) is 18.8 Å². The SMILES string of the molecule is Cc1cccc(CC(=O)/C=C/[C@H]2C(OC(=O)c3ccc(-c4ccccc4)cc3)C[C@@H]3OC(=O)C[C@@H]32)c1. The molecule has 5 rings (SSSR count). The van der Waals surface area contributed by atoms with Gasteiger partial charge in [0.05, 0.1) is 12.0 Å². The fourth-order valence-electron chi connectivity index (χ4n) is 5.23. The Morgan fingerprint density at radius 2 is 1.72 bits per heavy atom. The summed E-state index contributed by atoms with van der Waals surface area (Å²) < 4.78 is 11.4. The van der Waals surface area contributed by atoms with Crippen LogP contribution in [-0.4, -0.2) is 29.9 Å². The van der Waals surface area contributed by atoms with Gasteiger partial charge in [-0.3, -0.25) is 9.59 Å². The quantitative estimate of drug-likeness (QED) is 0.330. The summed E-state index contributed by atoms with van der Waals surface area (Å²) in [6, 6.07) is 25.1. The largest absolute Gasteiger partial charge is 0.462 e. The lowest BCUT2D eigenvalue weighted by molar-refractivity contribution is -0.141. The van der Waals surface area contributed by atoms with Gasteiger partial charge in [0.25, 0.3) is 0 Å². The van der Waals surface area contributed by atoms with Gasteiger partial charge in [0.15, 0.2) is 5.78 Å². The van der Waals surface area contributed by atoms with Gasteiger partial charge in [0.1, 0.15) is 12.2 Å². The number of fused-ring (bicyclic) bond motifs is 1. The molecule has 182 valence electrons. The molecule has 1 saturated carbocycles. The fourth-order valence-corrected chi connectivity index (χ4v) is 5.23. The van der Waals surface area contributed by atoms with Crippen LogP contribution in [0.1, 0.15) is 34.3 Å². The molecule has 3 aromatic carbocycles. The standard InChI is InChI=1S/C31H28O5/c1-20-6-5-7-21(16-20)17-25(32)14-15-26-27-18-30(33)35-29(27)19-28(26)36-31(34)24-12-10-23(11-13-24)22-8-3-2-4-9-22/h2-16,26-29H,17-19H2,1H3/b15-14+/t26-,27-,28?,29+/m1/s1. The molecule has 1 unspecified atom stereocenters. The first-order chi connectivity index (χ1) is 17.5. The highest BCUT2D eigenvalue weighted by Gasteiger charge is 2.50. The van der Waals surface area contributed by atoms with E-state index in [1.54, 1.807) is 24.3 Å². The molecule has 0 amide bonds. The summed E-state index contributed by atoms with van der Waals surface area (Å²) in [5.41, 5.74) is 4.61. The van der Waals surface area contributed by atoms with E-state index in [1.807, 2.05) is 73.7 Å². The molecule has 5 heteroatoms. The highest BCUT2D eigenvalue weighted by Crippen LogP contribution is 2.43. The molecule has 1 heterocycles. The van der Waals surface area contributed by atoms with E-state index in [4.69, 9.17) is 9.47 Å². The first-order valence-corrected chi connectivity index (χ1v) is 12.3. The predicted molar refractivity (Wildman–Crippen MR) is 136 cm³/mol. The number of carbonyl (C=O) groups excluding carboxylic acids is 3. The minimum atomic E-state index is -0.461. The molecule has 4 atom stereocenters. The average molecular weight is 481 g/mol. The topological polar surface area (TPSA) is 69.7 Å². The van der Waals surface area contributed by atoms with Gasteiger partial charge in [-0.2, -0.15) is 0 Å². The number of ketones is 1. The molecular formula is C31H28O5. The fraction of sp³-hybridized carbons (Fsp3) is 0.258. The molecule has 0 bridgehead atoms. The van der Waals surface area contributed by atoms with Crippen LogP contribution < -0.4 is 0 Å². The Morgan fingerprint density at radius 1 is 0.972 bits per heavy atom. The van der Waals surface area contributed by atoms with E-state index >= 15 is 0 Å². The normalized spacial score (nSPS) is 22.9. The third kappa shape index (κ3) is 5.30. The molecule has 36 heavy (non-hydrogen) atoms. The Kier molecular flexibility index (Phi) is 6.81. The highest BCUT2D eigenvalue weighted by atomic mass is 16.6. The molecule has 1 aliphatic carbocycles. The Balaban J connectivity index is 1.28. The highest BCUT2D eigenvalue weighted by molar-refractivity contribution is 5.92. The van der Waals surface area contributed by atoms with Gasteiger partial charge in [-0.15, -0.1) is 0 Å². The van der Waals surface area contributed by atoms with Crippen molar-refractivity contribution in [3.63, 3.8) is 0 Å². The first-order valence-electron chi connectivity index (χ1n) is 12.3. The number of carbonyl (C=O) groups is 3. The van der Waals surface area contributed by atoms with Gasteiger partial charge in [0, 0.05) is 24.7 Å². The lowest BCUT2D eigenvalue weighted by Gasteiger charge is -2.20. The Labute approximate surface area is 210 Å². The number of hydrogen-bond donors (Lipinski definition) is 0. The summed E-state index contributed by atoms with van der Waals surface area (Å²) >= 11 is 0. The van der Waals surface area contributed by atoms with E-state index < -0.39 is 12.1 Å². The minimum Gasteiger partial charge on any atom is -0.462 e. The second-order valence-electron chi connectivity index (χ2n) is 9.59. The Hall–Kier alpha value is -3.99. The van der Waals surface area contributed by atoms with Gasteiger partial charge in [-0.05, 0) is 41.8 Å². The third-order valence-electron chi connectivity index (χ3n) is 7.00. The van der Waals surface area contributed by atoms with Crippen LogP contribution in [0.4, 0.5) is 0 Å². The van der Waals surface area contributed by atoms with Crippen LogP contribution >= 0.6 is 0 Å². The monoisotopic (exact) mass is 480 g/mol. The Morgan fingerprint density at radius 3 is 2.47 bits per heavy atom. The smallest absolute Gasteiger partial charge is 0.338 e. The van der Waals surface area contributed by atoms with Crippen molar-refractivity contribution in [3.05, 3.63) is 108 Å². The maximum atomic E-state index is 13.0. The number of allylic oxidation sites excluding steroid dienone is 1. The average Bonchev–Trinajstić information content (AvgIpc) is 3.38.